The summed E-state index contributed by atoms with van der Waals surface area (Å²) in [4.78, 5) is 4.52. The maximum atomic E-state index is 4.52. The molecule has 0 aliphatic heterocycles. The first-order chi connectivity index (χ1) is 8.43. The van der Waals surface area contributed by atoms with Gasteiger partial charge in [0.25, 0.3) is 0 Å². The highest BCUT2D eigenvalue weighted by molar-refractivity contribution is 6.11. The van der Waals surface area contributed by atoms with Crippen molar-refractivity contribution in [3.63, 3.8) is 0 Å². The summed E-state index contributed by atoms with van der Waals surface area (Å²) >= 11 is 0. The largest absolute Gasteiger partial charge is 0.323 e. The van der Waals surface area contributed by atoms with Crippen molar-refractivity contribution in [3.8, 4) is 0 Å². The van der Waals surface area contributed by atoms with Crippen molar-refractivity contribution in [2.75, 3.05) is 0 Å². The first-order valence-corrected chi connectivity index (χ1v) is 5.67. The molecule has 0 saturated heterocycles. The van der Waals surface area contributed by atoms with Crippen LogP contribution in [0.3, 0.4) is 0 Å². The standard InChI is InChI=1S/C15H10N2/c1-2-6-14-11(5-1)13-10-17-8-4-3-7-15(17)12(13)9-16-14/h1-10H. The van der Waals surface area contributed by atoms with Gasteiger partial charge in [-0.3, -0.25) is 4.98 Å². The van der Waals surface area contributed by atoms with Crippen LogP contribution < -0.4 is 0 Å². The number of rotatable bonds is 0. The molecule has 0 amide bonds. The zero-order valence-electron chi connectivity index (χ0n) is 9.17. The van der Waals surface area contributed by atoms with Crippen molar-refractivity contribution >= 4 is 27.2 Å². The van der Waals surface area contributed by atoms with Gasteiger partial charge in [-0.05, 0) is 18.2 Å². The van der Waals surface area contributed by atoms with Gasteiger partial charge in [-0.15, -0.1) is 0 Å². The molecule has 0 aliphatic rings. The zero-order valence-corrected chi connectivity index (χ0v) is 9.17. The Morgan fingerprint density at radius 2 is 1.71 bits per heavy atom. The molecule has 17 heavy (non-hydrogen) atoms. The first-order valence-electron chi connectivity index (χ1n) is 5.67. The summed E-state index contributed by atoms with van der Waals surface area (Å²) in [5.74, 6) is 0. The van der Waals surface area contributed by atoms with Crippen LogP contribution in [0.2, 0.25) is 0 Å². The molecule has 80 valence electrons. The minimum atomic E-state index is 1.05. The van der Waals surface area contributed by atoms with Gasteiger partial charge < -0.3 is 4.40 Å². The van der Waals surface area contributed by atoms with E-state index < -0.39 is 0 Å². The van der Waals surface area contributed by atoms with E-state index in [9.17, 15) is 0 Å². The minimum Gasteiger partial charge on any atom is -0.323 e. The Labute approximate surface area is 98.1 Å². The molecule has 0 fully saturated rings. The topological polar surface area (TPSA) is 17.3 Å². The molecule has 0 aliphatic carbocycles. The summed E-state index contributed by atoms with van der Waals surface area (Å²) in [6, 6.07) is 14.5. The first kappa shape index (κ1) is 8.76. The van der Waals surface area contributed by atoms with E-state index in [0.29, 0.717) is 0 Å². The number of pyridine rings is 2. The molecule has 0 N–H and O–H groups in total. The normalized spacial score (nSPS) is 11.5. The van der Waals surface area contributed by atoms with Crippen LogP contribution in [0.1, 0.15) is 0 Å². The maximum absolute atomic E-state index is 4.52. The fourth-order valence-electron chi connectivity index (χ4n) is 2.44. The summed E-state index contributed by atoms with van der Waals surface area (Å²) in [5.41, 5.74) is 2.26. The SMILES string of the molecule is c1ccc2c(c1)ncc1c2cn2ccccc12. The van der Waals surface area contributed by atoms with Gasteiger partial charge in [-0.2, -0.15) is 0 Å². The monoisotopic (exact) mass is 218 g/mol. The van der Waals surface area contributed by atoms with E-state index in [1.165, 1.54) is 21.7 Å². The fraction of sp³-hybridized carbons (Fsp3) is 0. The quantitative estimate of drug-likeness (QED) is 0.440. The second kappa shape index (κ2) is 3.08. The summed E-state index contributed by atoms with van der Waals surface area (Å²) in [6.45, 7) is 0. The van der Waals surface area contributed by atoms with Gasteiger partial charge in [0.2, 0.25) is 0 Å². The van der Waals surface area contributed by atoms with Crippen LogP contribution >= 0.6 is 0 Å². The molecular formula is C15H10N2. The van der Waals surface area contributed by atoms with Crippen molar-refractivity contribution in [1.29, 1.82) is 0 Å². The number of benzene rings is 1. The Hall–Kier alpha value is -2.35. The smallest absolute Gasteiger partial charge is 0.0709 e. The molecule has 0 saturated carbocycles. The molecule has 2 nitrogen and oxygen atoms in total. The van der Waals surface area contributed by atoms with E-state index in [-0.39, 0.29) is 0 Å². The highest BCUT2D eigenvalue weighted by Crippen LogP contribution is 2.27. The van der Waals surface area contributed by atoms with Crippen LogP contribution in [0, 0.1) is 0 Å². The average molecular weight is 218 g/mol. The van der Waals surface area contributed by atoms with E-state index >= 15 is 0 Å². The molecule has 2 heteroatoms. The molecule has 0 bridgehead atoms. The van der Waals surface area contributed by atoms with E-state index in [0.717, 1.165) is 5.52 Å². The summed E-state index contributed by atoms with van der Waals surface area (Å²) in [5, 5.41) is 3.69. The van der Waals surface area contributed by atoms with Crippen LogP contribution in [0.25, 0.3) is 27.2 Å². The van der Waals surface area contributed by atoms with E-state index in [1.807, 2.05) is 18.3 Å². The number of hydrogen-bond donors (Lipinski definition) is 0. The molecule has 4 rings (SSSR count). The molecule has 3 heterocycles. The summed E-state index contributed by atoms with van der Waals surface area (Å²) < 4.78 is 2.15. The Morgan fingerprint density at radius 3 is 2.71 bits per heavy atom. The Bertz CT molecular complexity index is 843. The lowest BCUT2D eigenvalue weighted by molar-refractivity contribution is 1.21. The van der Waals surface area contributed by atoms with Crippen molar-refractivity contribution < 1.29 is 0 Å². The molecule has 0 unspecified atom stereocenters. The molecule has 0 atom stereocenters. The number of para-hydroxylation sites is 1. The fourth-order valence-corrected chi connectivity index (χ4v) is 2.44. The van der Waals surface area contributed by atoms with Crippen LogP contribution in [0.5, 0.6) is 0 Å². The second-order valence-electron chi connectivity index (χ2n) is 4.22. The van der Waals surface area contributed by atoms with E-state index in [1.54, 1.807) is 0 Å². The molecule has 3 aromatic heterocycles. The number of hydrogen-bond acceptors (Lipinski definition) is 1. The van der Waals surface area contributed by atoms with E-state index in [4.69, 9.17) is 0 Å². The van der Waals surface area contributed by atoms with Crippen molar-refractivity contribution in [1.82, 2.24) is 9.38 Å². The summed E-state index contributed by atoms with van der Waals surface area (Å²) in [6.07, 6.45) is 6.21. The molecule has 4 aromatic rings. The van der Waals surface area contributed by atoms with Crippen LogP contribution in [-0.2, 0) is 0 Å². The van der Waals surface area contributed by atoms with Crippen LogP contribution in [0.4, 0.5) is 0 Å². The molecule has 1 aromatic carbocycles. The predicted octanol–water partition coefficient (Wildman–Crippen LogP) is 3.64. The van der Waals surface area contributed by atoms with E-state index in [2.05, 4.69) is 52.1 Å². The molecule has 0 spiro atoms. The van der Waals surface area contributed by atoms with Gasteiger partial charge >= 0.3 is 0 Å². The number of aromatic nitrogens is 2. The van der Waals surface area contributed by atoms with Gasteiger partial charge in [0.1, 0.15) is 0 Å². The number of fused-ring (bicyclic) bond motifs is 5. The van der Waals surface area contributed by atoms with Crippen molar-refractivity contribution in [3.05, 3.63) is 61.1 Å². The van der Waals surface area contributed by atoms with Gasteiger partial charge in [-0.1, -0.05) is 24.3 Å². The van der Waals surface area contributed by atoms with Gasteiger partial charge in [-0.25, -0.2) is 0 Å². The van der Waals surface area contributed by atoms with Crippen LogP contribution in [0.15, 0.2) is 61.1 Å². The molecule has 0 radical (unpaired) electrons. The second-order valence-corrected chi connectivity index (χ2v) is 4.22. The van der Waals surface area contributed by atoms with Gasteiger partial charge in [0.05, 0.1) is 11.0 Å². The lowest BCUT2D eigenvalue weighted by Crippen LogP contribution is -1.78. The Balaban J connectivity index is 2.34. The van der Waals surface area contributed by atoms with Crippen LogP contribution in [-0.4, -0.2) is 9.38 Å². The number of nitrogens with zero attached hydrogens (tertiary/aromatic N) is 2. The Morgan fingerprint density at radius 1 is 0.824 bits per heavy atom. The lowest BCUT2D eigenvalue weighted by Gasteiger charge is -1.97. The van der Waals surface area contributed by atoms with Crippen molar-refractivity contribution in [2.24, 2.45) is 0 Å². The van der Waals surface area contributed by atoms with Gasteiger partial charge in [0, 0.05) is 34.7 Å². The third-order valence-electron chi connectivity index (χ3n) is 3.25. The highest BCUT2D eigenvalue weighted by atomic mass is 14.9. The average Bonchev–Trinajstić information content (AvgIpc) is 2.78. The van der Waals surface area contributed by atoms with Crippen molar-refractivity contribution in [2.45, 2.75) is 0 Å². The third-order valence-corrected chi connectivity index (χ3v) is 3.25. The minimum absolute atomic E-state index is 1.05. The lowest BCUT2D eigenvalue weighted by atomic mass is 10.1. The Kier molecular flexibility index (Phi) is 1.59. The summed E-state index contributed by atoms with van der Waals surface area (Å²) in [7, 11) is 0. The predicted molar refractivity (Wildman–Crippen MR) is 70.2 cm³/mol. The maximum Gasteiger partial charge on any atom is 0.0709 e. The van der Waals surface area contributed by atoms with Gasteiger partial charge in [0.15, 0.2) is 0 Å². The highest BCUT2D eigenvalue weighted by Gasteiger charge is 2.06. The molecular weight excluding hydrogens is 208 g/mol. The zero-order chi connectivity index (χ0) is 11.2. The third kappa shape index (κ3) is 1.12.